The lowest BCUT2D eigenvalue weighted by Gasteiger charge is -2.19. The monoisotopic (exact) mass is 487 g/mol. The van der Waals surface area contributed by atoms with E-state index in [1.807, 2.05) is 28.9 Å². The number of nitrogens with zero attached hydrogens (tertiary/aromatic N) is 5. The van der Waals surface area contributed by atoms with E-state index in [2.05, 4.69) is 14.6 Å². The minimum absolute atomic E-state index is 0.181. The third-order valence-electron chi connectivity index (χ3n) is 7.15. The smallest absolute Gasteiger partial charge is 0.159 e. The third kappa shape index (κ3) is 2.86. The standard InChI is InChI=1S/C26H20F2N5OP/c1-35(2,34)15-7-8-16(19(28)11-15)14-6-9-20-21(10-14)32-22-12-23(26(32)31-20)33-25(29-13-30-33)17-4-3-5-18(27)24(17)22/h3-11,13,22-23H,12H2,1-2H3/t22-,23-/m0/s1. The first kappa shape index (κ1) is 20.7. The van der Waals surface area contributed by atoms with E-state index in [0.29, 0.717) is 34.2 Å². The summed E-state index contributed by atoms with van der Waals surface area (Å²) in [5.41, 5.74) is 3.96. The molecule has 6 nitrogen and oxygen atoms in total. The van der Waals surface area contributed by atoms with E-state index in [4.69, 9.17) is 4.98 Å². The van der Waals surface area contributed by atoms with Crippen LogP contribution in [0.5, 0.6) is 0 Å². The molecular weight excluding hydrogens is 467 g/mol. The Hall–Kier alpha value is -3.64. The Bertz CT molecular complexity index is 1730. The van der Waals surface area contributed by atoms with Gasteiger partial charge in [0, 0.05) is 28.4 Å². The molecule has 3 aromatic carbocycles. The molecule has 4 heterocycles. The molecule has 0 aliphatic carbocycles. The summed E-state index contributed by atoms with van der Waals surface area (Å²) in [5, 5.41) is 4.96. The molecule has 9 heteroatoms. The van der Waals surface area contributed by atoms with Crippen molar-refractivity contribution in [3.63, 3.8) is 0 Å². The SMILES string of the molecule is CP(C)(=O)c1ccc(-c2ccc3nc4n(c3c2)[C@H]2C[C@@H]4n3ncnc3-c3cccc(F)c32)c(F)c1. The molecule has 174 valence electrons. The second-order valence-electron chi connectivity index (χ2n) is 9.56. The molecule has 0 radical (unpaired) electrons. The Balaban J connectivity index is 1.45. The van der Waals surface area contributed by atoms with Crippen LogP contribution < -0.4 is 5.30 Å². The molecule has 0 amide bonds. The summed E-state index contributed by atoms with van der Waals surface area (Å²) >= 11 is 0. The Kier molecular flexibility index (Phi) is 4.11. The summed E-state index contributed by atoms with van der Waals surface area (Å²) in [5.74, 6) is 0.707. The summed E-state index contributed by atoms with van der Waals surface area (Å²) in [6.45, 7) is 3.25. The summed E-state index contributed by atoms with van der Waals surface area (Å²) < 4.78 is 46.7. The molecular formula is C26H20F2N5OP. The minimum Gasteiger partial charge on any atom is -0.319 e. The van der Waals surface area contributed by atoms with Crippen LogP contribution in [0.15, 0.2) is 60.9 Å². The van der Waals surface area contributed by atoms with Gasteiger partial charge in [0.1, 0.15) is 37.0 Å². The van der Waals surface area contributed by atoms with Crippen molar-refractivity contribution in [3.8, 4) is 22.5 Å². The van der Waals surface area contributed by atoms with E-state index in [1.54, 1.807) is 31.5 Å². The van der Waals surface area contributed by atoms with Gasteiger partial charge < -0.3 is 9.13 Å². The van der Waals surface area contributed by atoms with Gasteiger partial charge in [-0.3, -0.25) is 0 Å². The number of hydrogen-bond donors (Lipinski definition) is 0. The average Bonchev–Trinajstić information content (AvgIpc) is 3.50. The molecule has 7 rings (SSSR count). The van der Waals surface area contributed by atoms with Gasteiger partial charge in [0.2, 0.25) is 0 Å². The maximum Gasteiger partial charge on any atom is 0.159 e. The van der Waals surface area contributed by atoms with Crippen molar-refractivity contribution in [3.05, 3.63) is 83.9 Å². The van der Waals surface area contributed by atoms with Crippen LogP contribution in [0.1, 0.15) is 29.9 Å². The molecule has 0 spiro atoms. The van der Waals surface area contributed by atoms with E-state index in [9.17, 15) is 4.57 Å². The van der Waals surface area contributed by atoms with Gasteiger partial charge in [-0.15, -0.1) is 0 Å². The van der Waals surface area contributed by atoms with Gasteiger partial charge in [0.05, 0.1) is 17.1 Å². The predicted octanol–water partition coefficient (Wildman–Crippen LogP) is 5.38. The molecule has 2 aliphatic rings. The molecule has 35 heavy (non-hydrogen) atoms. The predicted molar refractivity (Wildman–Crippen MR) is 131 cm³/mol. The van der Waals surface area contributed by atoms with E-state index >= 15 is 8.78 Å². The first-order valence-electron chi connectivity index (χ1n) is 11.4. The van der Waals surface area contributed by atoms with E-state index in [0.717, 1.165) is 22.4 Å². The topological polar surface area (TPSA) is 65.6 Å². The summed E-state index contributed by atoms with van der Waals surface area (Å²) in [6, 6.07) is 14.9. The second-order valence-corrected chi connectivity index (χ2v) is 12.8. The zero-order valence-electron chi connectivity index (χ0n) is 19.0. The van der Waals surface area contributed by atoms with Crippen LogP contribution >= 0.6 is 7.14 Å². The highest BCUT2D eigenvalue weighted by Crippen LogP contribution is 2.49. The average molecular weight is 487 g/mol. The van der Waals surface area contributed by atoms with Crippen LogP contribution in [0.25, 0.3) is 33.5 Å². The van der Waals surface area contributed by atoms with E-state index in [1.165, 1.54) is 18.5 Å². The number of halogens is 2. The summed E-state index contributed by atoms with van der Waals surface area (Å²) in [4.78, 5) is 9.30. The van der Waals surface area contributed by atoms with E-state index < -0.39 is 13.0 Å². The molecule has 0 unspecified atom stereocenters. The molecule has 2 aromatic heterocycles. The molecule has 5 aromatic rings. The molecule has 2 atom stereocenters. The zero-order valence-corrected chi connectivity index (χ0v) is 19.9. The van der Waals surface area contributed by atoms with Gasteiger partial charge >= 0.3 is 0 Å². The van der Waals surface area contributed by atoms with Gasteiger partial charge in [-0.25, -0.2) is 23.4 Å². The normalized spacial score (nSPS) is 18.3. The fourth-order valence-electron chi connectivity index (χ4n) is 5.54. The Morgan fingerprint density at radius 3 is 2.63 bits per heavy atom. The summed E-state index contributed by atoms with van der Waals surface area (Å²) in [6.07, 6.45) is 2.10. The first-order valence-corrected chi connectivity index (χ1v) is 14.0. The van der Waals surface area contributed by atoms with Crippen LogP contribution in [-0.4, -0.2) is 37.6 Å². The molecule has 0 fully saturated rings. The van der Waals surface area contributed by atoms with Crippen molar-refractivity contribution in [2.45, 2.75) is 18.5 Å². The van der Waals surface area contributed by atoms with Crippen LogP contribution in [0, 0.1) is 11.6 Å². The number of imidazole rings is 1. The number of fused-ring (bicyclic) bond motifs is 6. The highest BCUT2D eigenvalue weighted by molar-refractivity contribution is 7.70. The van der Waals surface area contributed by atoms with Gasteiger partial charge in [-0.2, -0.15) is 5.10 Å². The maximum atomic E-state index is 15.3. The fourth-order valence-corrected chi connectivity index (χ4v) is 6.39. The Morgan fingerprint density at radius 1 is 0.971 bits per heavy atom. The quantitative estimate of drug-likeness (QED) is 0.314. The molecule has 2 aliphatic heterocycles. The maximum absolute atomic E-state index is 15.3. The van der Waals surface area contributed by atoms with E-state index in [-0.39, 0.29) is 17.9 Å². The van der Waals surface area contributed by atoms with Crippen molar-refractivity contribution in [2.24, 2.45) is 0 Å². The lowest BCUT2D eigenvalue weighted by atomic mass is 9.97. The molecule has 0 saturated carbocycles. The summed E-state index contributed by atoms with van der Waals surface area (Å²) in [7, 11) is -2.57. The number of hydrogen-bond acceptors (Lipinski definition) is 4. The van der Waals surface area contributed by atoms with Crippen LogP contribution in [0.3, 0.4) is 0 Å². The molecule has 0 saturated heterocycles. The lowest BCUT2D eigenvalue weighted by Crippen LogP contribution is -2.13. The van der Waals surface area contributed by atoms with Crippen LogP contribution in [0.4, 0.5) is 8.78 Å². The Labute approximate surface area is 199 Å². The minimum atomic E-state index is -2.57. The van der Waals surface area contributed by atoms with Crippen molar-refractivity contribution in [1.29, 1.82) is 0 Å². The number of rotatable bonds is 2. The van der Waals surface area contributed by atoms with Crippen molar-refractivity contribution >= 4 is 23.5 Å². The van der Waals surface area contributed by atoms with Crippen molar-refractivity contribution in [2.75, 3.05) is 13.3 Å². The first-order chi connectivity index (χ1) is 16.8. The van der Waals surface area contributed by atoms with Crippen LogP contribution in [-0.2, 0) is 4.57 Å². The number of aromatic nitrogens is 5. The largest absolute Gasteiger partial charge is 0.319 e. The zero-order chi connectivity index (χ0) is 24.1. The Morgan fingerprint density at radius 2 is 1.83 bits per heavy atom. The second kappa shape index (κ2) is 6.95. The highest BCUT2D eigenvalue weighted by atomic mass is 31.2. The highest BCUT2D eigenvalue weighted by Gasteiger charge is 2.42. The molecule has 0 N–H and O–H groups in total. The van der Waals surface area contributed by atoms with Gasteiger partial charge in [-0.05, 0) is 43.2 Å². The van der Waals surface area contributed by atoms with Gasteiger partial charge in [0.25, 0.3) is 0 Å². The number of benzene rings is 3. The lowest BCUT2D eigenvalue weighted by molar-refractivity contribution is 0.495. The van der Waals surface area contributed by atoms with Crippen molar-refractivity contribution in [1.82, 2.24) is 24.3 Å². The van der Waals surface area contributed by atoms with Crippen molar-refractivity contribution < 1.29 is 13.3 Å². The molecule has 2 bridgehead atoms. The van der Waals surface area contributed by atoms with Gasteiger partial charge in [-0.1, -0.05) is 30.3 Å². The van der Waals surface area contributed by atoms with Gasteiger partial charge in [0.15, 0.2) is 5.82 Å². The van der Waals surface area contributed by atoms with Crippen LogP contribution in [0.2, 0.25) is 0 Å². The third-order valence-corrected chi connectivity index (χ3v) is 8.68. The fraction of sp³-hybridized carbons (Fsp3) is 0.192.